The molecule has 0 unspecified atom stereocenters. The number of amides is 2. The van der Waals surface area contributed by atoms with Crippen molar-refractivity contribution in [3.8, 4) is 0 Å². The van der Waals surface area contributed by atoms with Crippen LogP contribution in [0.3, 0.4) is 0 Å². The first-order chi connectivity index (χ1) is 15.4. The van der Waals surface area contributed by atoms with Gasteiger partial charge in [-0.1, -0.05) is 12.1 Å². The molecule has 2 amide bonds. The summed E-state index contributed by atoms with van der Waals surface area (Å²) in [6, 6.07) is 12.8. The number of aromatic nitrogens is 4. The average molecular weight is 432 g/mol. The topological polar surface area (TPSA) is 107 Å². The molecule has 3 heterocycles. The number of nitrogens with zero attached hydrogens (tertiary/aromatic N) is 4. The molecule has 9 heteroatoms. The highest BCUT2D eigenvalue weighted by atomic mass is 16.3. The van der Waals surface area contributed by atoms with Crippen LogP contribution < -0.4 is 10.6 Å². The van der Waals surface area contributed by atoms with Gasteiger partial charge in [0, 0.05) is 24.5 Å². The number of rotatable bonds is 7. The van der Waals surface area contributed by atoms with Crippen LogP contribution in [0.25, 0.3) is 0 Å². The molecule has 32 heavy (non-hydrogen) atoms. The minimum Gasteiger partial charge on any atom is -0.467 e. The summed E-state index contributed by atoms with van der Waals surface area (Å²) in [6.07, 6.45) is 3.14. The lowest BCUT2D eigenvalue weighted by atomic mass is 10.1. The largest absolute Gasteiger partial charge is 0.467 e. The summed E-state index contributed by atoms with van der Waals surface area (Å²) in [7, 11) is 1.69. The van der Waals surface area contributed by atoms with Crippen molar-refractivity contribution >= 4 is 17.5 Å². The van der Waals surface area contributed by atoms with E-state index in [9.17, 15) is 9.59 Å². The Hall–Kier alpha value is -4.14. The van der Waals surface area contributed by atoms with E-state index in [2.05, 4.69) is 20.8 Å². The molecule has 0 aliphatic heterocycles. The van der Waals surface area contributed by atoms with Crippen LogP contribution in [0.2, 0.25) is 0 Å². The van der Waals surface area contributed by atoms with Crippen molar-refractivity contribution in [1.82, 2.24) is 24.9 Å². The van der Waals surface area contributed by atoms with E-state index < -0.39 is 5.91 Å². The molecule has 2 N–H and O–H groups in total. The maximum Gasteiger partial charge on any atom is 0.274 e. The lowest BCUT2D eigenvalue weighted by molar-refractivity contribution is 0.0943. The van der Waals surface area contributed by atoms with Gasteiger partial charge in [-0.25, -0.2) is 0 Å². The summed E-state index contributed by atoms with van der Waals surface area (Å²) >= 11 is 0. The summed E-state index contributed by atoms with van der Waals surface area (Å²) in [6.45, 7) is 4.74. The van der Waals surface area contributed by atoms with Crippen molar-refractivity contribution in [2.75, 3.05) is 5.32 Å². The Labute approximate surface area is 185 Å². The molecule has 0 fully saturated rings. The second kappa shape index (κ2) is 8.93. The molecule has 0 saturated heterocycles. The standard InChI is InChI=1S/C23H24N6O3/c1-15-10-16(2)29(26-15)13-17-6-4-7-18(11-17)22(30)25-20-14-28(3)27-21(20)23(31)24-12-19-8-5-9-32-19/h4-11,14H,12-13H2,1-3H3,(H,24,31)(H,25,30). The number of hydrogen-bond acceptors (Lipinski definition) is 5. The van der Waals surface area contributed by atoms with Gasteiger partial charge in [0.1, 0.15) is 5.76 Å². The zero-order chi connectivity index (χ0) is 22.7. The molecule has 0 bridgehead atoms. The first-order valence-corrected chi connectivity index (χ1v) is 10.1. The molecule has 0 atom stereocenters. The minimum absolute atomic E-state index is 0.131. The molecule has 0 spiro atoms. The lowest BCUT2D eigenvalue weighted by Gasteiger charge is -2.08. The molecule has 0 saturated carbocycles. The molecule has 164 valence electrons. The highest BCUT2D eigenvalue weighted by Gasteiger charge is 2.19. The molecular weight excluding hydrogens is 408 g/mol. The van der Waals surface area contributed by atoms with Crippen LogP contribution >= 0.6 is 0 Å². The van der Waals surface area contributed by atoms with Gasteiger partial charge < -0.3 is 15.1 Å². The summed E-state index contributed by atoms with van der Waals surface area (Å²) in [5.74, 6) is -0.108. The predicted molar refractivity (Wildman–Crippen MR) is 118 cm³/mol. The highest BCUT2D eigenvalue weighted by Crippen LogP contribution is 2.16. The number of carbonyl (C=O) groups is 2. The van der Waals surface area contributed by atoms with Crippen molar-refractivity contribution in [2.45, 2.75) is 26.9 Å². The van der Waals surface area contributed by atoms with Crippen LogP contribution in [0.1, 0.15) is 43.6 Å². The molecule has 3 aromatic heterocycles. The maximum absolute atomic E-state index is 12.9. The predicted octanol–water partition coefficient (Wildman–Crippen LogP) is 3.06. The van der Waals surface area contributed by atoms with Gasteiger partial charge in [0.15, 0.2) is 5.69 Å². The summed E-state index contributed by atoms with van der Waals surface area (Å²) in [4.78, 5) is 25.5. The zero-order valence-corrected chi connectivity index (χ0v) is 18.1. The number of aryl methyl sites for hydroxylation is 3. The Bertz CT molecular complexity index is 1250. The van der Waals surface area contributed by atoms with Gasteiger partial charge in [0.05, 0.1) is 30.7 Å². The number of benzene rings is 1. The van der Waals surface area contributed by atoms with Crippen LogP contribution in [0.5, 0.6) is 0 Å². The Morgan fingerprint density at radius 3 is 2.62 bits per heavy atom. The number of nitrogens with one attached hydrogen (secondary N) is 2. The Kier molecular flexibility index (Phi) is 5.89. The Morgan fingerprint density at radius 2 is 1.91 bits per heavy atom. The first kappa shape index (κ1) is 21.1. The molecule has 0 aliphatic carbocycles. The second-order valence-electron chi connectivity index (χ2n) is 7.57. The van der Waals surface area contributed by atoms with Crippen LogP contribution in [-0.4, -0.2) is 31.4 Å². The normalized spacial score (nSPS) is 10.8. The number of hydrogen-bond donors (Lipinski definition) is 2. The van der Waals surface area contributed by atoms with Crippen molar-refractivity contribution in [3.63, 3.8) is 0 Å². The van der Waals surface area contributed by atoms with Crippen molar-refractivity contribution in [2.24, 2.45) is 7.05 Å². The van der Waals surface area contributed by atoms with Gasteiger partial charge in [-0.05, 0) is 49.7 Å². The number of carbonyl (C=O) groups excluding carboxylic acids is 2. The maximum atomic E-state index is 12.9. The van der Waals surface area contributed by atoms with Crippen LogP contribution in [-0.2, 0) is 20.1 Å². The van der Waals surface area contributed by atoms with E-state index in [0.717, 1.165) is 17.0 Å². The molecule has 0 aliphatic rings. The molecule has 1 aromatic carbocycles. The van der Waals surface area contributed by atoms with E-state index in [1.807, 2.05) is 42.8 Å². The van der Waals surface area contributed by atoms with Crippen LogP contribution in [0.4, 0.5) is 5.69 Å². The third kappa shape index (κ3) is 4.77. The average Bonchev–Trinajstić information content (AvgIpc) is 3.48. The molecule has 0 radical (unpaired) electrons. The summed E-state index contributed by atoms with van der Waals surface area (Å²) in [5.41, 5.74) is 3.90. The van der Waals surface area contributed by atoms with E-state index >= 15 is 0 Å². The van der Waals surface area contributed by atoms with Crippen LogP contribution in [0.15, 0.2) is 59.3 Å². The smallest absolute Gasteiger partial charge is 0.274 e. The zero-order valence-electron chi connectivity index (χ0n) is 18.1. The van der Waals surface area contributed by atoms with Gasteiger partial charge >= 0.3 is 0 Å². The molecule has 4 aromatic rings. The van der Waals surface area contributed by atoms with Gasteiger partial charge in [-0.2, -0.15) is 10.2 Å². The summed E-state index contributed by atoms with van der Waals surface area (Å²) < 4.78 is 8.60. The van der Waals surface area contributed by atoms with E-state index in [4.69, 9.17) is 4.42 Å². The SMILES string of the molecule is Cc1cc(C)n(Cc2cccc(C(=O)Nc3cn(C)nc3C(=O)NCc3ccco3)c2)n1. The molecular formula is C23H24N6O3. The van der Waals surface area contributed by atoms with E-state index in [1.54, 1.807) is 31.4 Å². The van der Waals surface area contributed by atoms with Crippen LogP contribution in [0, 0.1) is 13.8 Å². The van der Waals surface area contributed by atoms with Crippen molar-refractivity contribution < 1.29 is 14.0 Å². The third-order valence-corrected chi connectivity index (χ3v) is 4.92. The number of furan rings is 1. The minimum atomic E-state index is -0.407. The van der Waals surface area contributed by atoms with Crippen molar-refractivity contribution in [3.05, 3.63) is 88.9 Å². The number of anilines is 1. The quantitative estimate of drug-likeness (QED) is 0.467. The van der Waals surface area contributed by atoms with Gasteiger partial charge in [-0.3, -0.25) is 19.0 Å². The van der Waals surface area contributed by atoms with Gasteiger partial charge in [-0.15, -0.1) is 0 Å². The van der Waals surface area contributed by atoms with Crippen molar-refractivity contribution in [1.29, 1.82) is 0 Å². The van der Waals surface area contributed by atoms with E-state index in [0.29, 0.717) is 23.6 Å². The molecule has 9 nitrogen and oxygen atoms in total. The lowest BCUT2D eigenvalue weighted by Crippen LogP contribution is -2.25. The fourth-order valence-electron chi connectivity index (χ4n) is 3.43. The van der Waals surface area contributed by atoms with Gasteiger partial charge in [0.25, 0.3) is 11.8 Å². The fourth-order valence-corrected chi connectivity index (χ4v) is 3.43. The summed E-state index contributed by atoms with van der Waals surface area (Å²) in [5, 5.41) is 14.2. The monoisotopic (exact) mass is 432 g/mol. The Morgan fingerprint density at radius 1 is 1.06 bits per heavy atom. The van der Waals surface area contributed by atoms with Gasteiger partial charge in [0.2, 0.25) is 0 Å². The highest BCUT2D eigenvalue weighted by molar-refractivity contribution is 6.08. The van der Waals surface area contributed by atoms with E-state index in [1.165, 1.54) is 10.9 Å². The van der Waals surface area contributed by atoms with E-state index in [-0.39, 0.29) is 18.1 Å². The third-order valence-electron chi connectivity index (χ3n) is 4.92. The second-order valence-corrected chi connectivity index (χ2v) is 7.57. The first-order valence-electron chi connectivity index (χ1n) is 10.1. The Balaban J connectivity index is 1.47. The fraction of sp³-hybridized carbons (Fsp3) is 0.217. The molecule has 4 rings (SSSR count).